The predicted molar refractivity (Wildman–Crippen MR) is 85.0 cm³/mol. The monoisotopic (exact) mass is 349 g/mol. The molecule has 0 bridgehead atoms. The Balaban J connectivity index is 1.97. The lowest BCUT2D eigenvalue weighted by atomic mass is 9.95. The molecule has 2 N–H and O–H groups in total. The SMILES string of the molecule is CC1(C)Cc2cc(C(N)c3cc(F)ccc3Br)ccc2O1. The second kappa shape index (κ2) is 5.11. The van der Waals surface area contributed by atoms with Gasteiger partial charge in [0, 0.05) is 10.9 Å². The van der Waals surface area contributed by atoms with Crippen LogP contribution in [0.3, 0.4) is 0 Å². The van der Waals surface area contributed by atoms with Gasteiger partial charge in [0.15, 0.2) is 0 Å². The van der Waals surface area contributed by atoms with Crippen LogP contribution < -0.4 is 10.5 Å². The van der Waals surface area contributed by atoms with Crippen LogP contribution >= 0.6 is 15.9 Å². The lowest BCUT2D eigenvalue weighted by molar-refractivity contribution is 0.138. The first-order valence-electron chi connectivity index (χ1n) is 6.88. The molecule has 0 spiro atoms. The van der Waals surface area contributed by atoms with E-state index >= 15 is 0 Å². The zero-order valence-electron chi connectivity index (χ0n) is 12.0. The van der Waals surface area contributed by atoms with Crippen LogP contribution in [0.1, 0.15) is 36.6 Å². The van der Waals surface area contributed by atoms with Crippen LogP contribution in [0.2, 0.25) is 0 Å². The molecule has 0 saturated carbocycles. The normalized spacial score (nSPS) is 17.2. The first-order valence-corrected chi connectivity index (χ1v) is 7.67. The number of benzene rings is 2. The van der Waals surface area contributed by atoms with Crippen molar-refractivity contribution in [1.82, 2.24) is 0 Å². The molecule has 1 heterocycles. The van der Waals surface area contributed by atoms with Gasteiger partial charge in [-0.1, -0.05) is 28.1 Å². The molecule has 2 aromatic carbocycles. The van der Waals surface area contributed by atoms with Gasteiger partial charge in [0.05, 0.1) is 6.04 Å². The fraction of sp³-hybridized carbons (Fsp3) is 0.294. The van der Waals surface area contributed by atoms with Crippen molar-refractivity contribution >= 4 is 15.9 Å². The Bertz CT molecular complexity index is 699. The molecule has 2 aromatic rings. The molecule has 4 heteroatoms. The van der Waals surface area contributed by atoms with Gasteiger partial charge in [-0.25, -0.2) is 4.39 Å². The summed E-state index contributed by atoms with van der Waals surface area (Å²) in [5.74, 6) is 0.628. The van der Waals surface area contributed by atoms with Crippen molar-refractivity contribution in [1.29, 1.82) is 0 Å². The molecule has 1 unspecified atom stereocenters. The van der Waals surface area contributed by atoms with Crippen molar-refractivity contribution < 1.29 is 9.13 Å². The van der Waals surface area contributed by atoms with Gasteiger partial charge in [-0.3, -0.25) is 0 Å². The van der Waals surface area contributed by atoms with Crippen molar-refractivity contribution in [3.63, 3.8) is 0 Å². The van der Waals surface area contributed by atoms with Gasteiger partial charge < -0.3 is 10.5 Å². The molecule has 0 saturated heterocycles. The van der Waals surface area contributed by atoms with Crippen LogP contribution in [0.15, 0.2) is 40.9 Å². The summed E-state index contributed by atoms with van der Waals surface area (Å²) in [6, 6.07) is 10.2. The highest BCUT2D eigenvalue weighted by Gasteiger charge is 2.30. The van der Waals surface area contributed by atoms with E-state index in [2.05, 4.69) is 35.8 Å². The standard InChI is InChI=1S/C17H17BrFNO/c1-17(2)9-11-7-10(3-6-15(11)21-17)16(20)13-8-12(19)4-5-14(13)18/h3-8,16H,9,20H2,1-2H3. The average Bonchev–Trinajstić information content (AvgIpc) is 2.73. The van der Waals surface area contributed by atoms with Crippen LogP contribution in [0.25, 0.3) is 0 Å². The van der Waals surface area contributed by atoms with E-state index in [0.717, 1.165) is 33.3 Å². The maximum atomic E-state index is 13.4. The first-order chi connectivity index (χ1) is 9.85. The van der Waals surface area contributed by atoms with Gasteiger partial charge in [-0.2, -0.15) is 0 Å². The molecular weight excluding hydrogens is 333 g/mol. The Kier molecular flexibility index (Phi) is 3.54. The van der Waals surface area contributed by atoms with E-state index in [-0.39, 0.29) is 17.5 Å². The largest absolute Gasteiger partial charge is 0.487 e. The summed E-state index contributed by atoms with van der Waals surface area (Å²) in [7, 11) is 0. The van der Waals surface area contributed by atoms with E-state index < -0.39 is 0 Å². The van der Waals surface area contributed by atoms with E-state index in [9.17, 15) is 4.39 Å². The summed E-state index contributed by atoms with van der Waals surface area (Å²) in [5.41, 5.74) is 8.99. The molecule has 0 fully saturated rings. The smallest absolute Gasteiger partial charge is 0.123 e. The molecule has 0 amide bonds. The third-order valence-electron chi connectivity index (χ3n) is 3.74. The minimum absolute atomic E-state index is 0.176. The quantitative estimate of drug-likeness (QED) is 0.874. The highest BCUT2D eigenvalue weighted by atomic mass is 79.9. The van der Waals surface area contributed by atoms with Crippen molar-refractivity contribution in [2.45, 2.75) is 31.9 Å². The highest BCUT2D eigenvalue weighted by Crippen LogP contribution is 2.37. The highest BCUT2D eigenvalue weighted by molar-refractivity contribution is 9.10. The van der Waals surface area contributed by atoms with Gasteiger partial charge in [-0.05, 0) is 54.8 Å². The number of halogens is 2. The summed E-state index contributed by atoms with van der Waals surface area (Å²) < 4.78 is 20.1. The molecule has 2 nitrogen and oxygen atoms in total. The predicted octanol–water partition coefficient (Wildman–Crippen LogP) is 4.35. The van der Waals surface area contributed by atoms with Gasteiger partial charge in [-0.15, -0.1) is 0 Å². The van der Waals surface area contributed by atoms with Crippen LogP contribution in [0.4, 0.5) is 4.39 Å². The van der Waals surface area contributed by atoms with Crippen molar-refractivity contribution in [2.24, 2.45) is 5.73 Å². The second-order valence-corrected chi connectivity index (χ2v) is 6.90. The third-order valence-corrected chi connectivity index (χ3v) is 4.46. The minimum Gasteiger partial charge on any atom is -0.487 e. The van der Waals surface area contributed by atoms with E-state index in [1.165, 1.54) is 12.1 Å². The van der Waals surface area contributed by atoms with Crippen LogP contribution in [0.5, 0.6) is 5.75 Å². The zero-order valence-corrected chi connectivity index (χ0v) is 13.6. The van der Waals surface area contributed by atoms with E-state index in [4.69, 9.17) is 10.5 Å². The number of nitrogens with two attached hydrogens (primary N) is 1. The Morgan fingerprint density at radius 1 is 1.24 bits per heavy atom. The zero-order chi connectivity index (χ0) is 15.2. The van der Waals surface area contributed by atoms with Crippen LogP contribution in [0, 0.1) is 5.82 Å². The van der Waals surface area contributed by atoms with Crippen molar-refractivity contribution in [3.05, 3.63) is 63.4 Å². The number of hydrogen-bond acceptors (Lipinski definition) is 2. The molecule has 0 aromatic heterocycles. The van der Waals surface area contributed by atoms with Gasteiger partial charge in [0.2, 0.25) is 0 Å². The van der Waals surface area contributed by atoms with Crippen molar-refractivity contribution in [2.75, 3.05) is 0 Å². The summed E-state index contributed by atoms with van der Waals surface area (Å²) in [6.07, 6.45) is 0.854. The average molecular weight is 350 g/mol. The Morgan fingerprint density at radius 2 is 2.00 bits per heavy atom. The van der Waals surface area contributed by atoms with E-state index in [1.54, 1.807) is 6.07 Å². The maximum Gasteiger partial charge on any atom is 0.123 e. The molecule has 1 aliphatic rings. The maximum absolute atomic E-state index is 13.4. The van der Waals surface area contributed by atoms with E-state index in [0.29, 0.717) is 0 Å². The molecular formula is C17H17BrFNO. The van der Waals surface area contributed by atoms with Crippen molar-refractivity contribution in [3.8, 4) is 5.75 Å². The Morgan fingerprint density at radius 3 is 2.76 bits per heavy atom. The molecule has 1 atom stereocenters. The Hall–Kier alpha value is -1.39. The lowest BCUT2D eigenvalue weighted by Gasteiger charge is -2.16. The third kappa shape index (κ3) is 2.83. The Labute approximate surface area is 132 Å². The van der Waals surface area contributed by atoms with E-state index in [1.807, 2.05) is 12.1 Å². The number of ether oxygens (including phenoxy) is 1. The summed E-state index contributed by atoms with van der Waals surface area (Å²) in [6.45, 7) is 4.13. The van der Waals surface area contributed by atoms with Gasteiger partial charge in [0.25, 0.3) is 0 Å². The van der Waals surface area contributed by atoms with Crippen LogP contribution in [-0.4, -0.2) is 5.60 Å². The number of rotatable bonds is 2. The second-order valence-electron chi connectivity index (χ2n) is 6.05. The molecule has 0 aliphatic carbocycles. The fourth-order valence-corrected chi connectivity index (χ4v) is 3.25. The lowest BCUT2D eigenvalue weighted by Crippen LogP contribution is -2.24. The first kappa shape index (κ1) is 14.5. The van der Waals surface area contributed by atoms with Crippen LogP contribution in [-0.2, 0) is 6.42 Å². The summed E-state index contributed by atoms with van der Waals surface area (Å²) in [5, 5.41) is 0. The summed E-state index contributed by atoms with van der Waals surface area (Å²) in [4.78, 5) is 0. The van der Waals surface area contributed by atoms with Gasteiger partial charge in [0.1, 0.15) is 17.2 Å². The fourth-order valence-electron chi connectivity index (χ4n) is 2.76. The summed E-state index contributed by atoms with van der Waals surface area (Å²) >= 11 is 3.44. The molecule has 0 radical (unpaired) electrons. The van der Waals surface area contributed by atoms with Gasteiger partial charge >= 0.3 is 0 Å². The minimum atomic E-state index is -0.371. The molecule has 3 rings (SSSR count). The number of hydrogen-bond donors (Lipinski definition) is 1. The molecule has 110 valence electrons. The number of fused-ring (bicyclic) bond motifs is 1. The molecule has 1 aliphatic heterocycles. The molecule has 21 heavy (non-hydrogen) atoms. The topological polar surface area (TPSA) is 35.2 Å².